The number of carbonyl (C=O) groups excluding carboxylic acids is 1. The molecule has 1 fully saturated rings. The predicted octanol–water partition coefficient (Wildman–Crippen LogP) is 3.61. The van der Waals surface area contributed by atoms with Gasteiger partial charge in [0, 0.05) is 18.7 Å². The summed E-state index contributed by atoms with van der Waals surface area (Å²) in [6.07, 6.45) is 1.42. The fraction of sp³-hybridized carbons (Fsp3) is 0.591. The van der Waals surface area contributed by atoms with Gasteiger partial charge in [-0.1, -0.05) is 6.58 Å². The van der Waals surface area contributed by atoms with E-state index in [1.54, 1.807) is 19.1 Å². The quantitative estimate of drug-likeness (QED) is 0.481. The SMILES string of the molecule is C=C(NOCCOC1CCN(C(=O)OC(C)(C)C)CC1)c1ccc(OC)c(OC)c1. The van der Waals surface area contributed by atoms with Crippen LogP contribution in [0.4, 0.5) is 4.79 Å². The van der Waals surface area contributed by atoms with Crippen LogP contribution >= 0.6 is 0 Å². The normalized spacial score (nSPS) is 14.9. The van der Waals surface area contributed by atoms with Crippen molar-refractivity contribution in [2.45, 2.75) is 45.3 Å². The molecule has 0 bridgehead atoms. The maximum absolute atomic E-state index is 12.1. The summed E-state index contributed by atoms with van der Waals surface area (Å²) < 4.78 is 21.8. The Morgan fingerprint density at radius 2 is 1.80 bits per heavy atom. The van der Waals surface area contributed by atoms with E-state index >= 15 is 0 Å². The van der Waals surface area contributed by atoms with Crippen molar-refractivity contribution in [1.29, 1.82) is 0 Å². The maximum Gasteiger partial charge on any atom is 0.410 e. The minimum Gasteiger partial charge on any atom is -0.493 e. The van der Waals surface area contributed by atoms with Crippen molar-refractivity contribution >= 4 is 11.8 Å². The molecule has 1 heterocycles. The summed E-state index contributed by atoms with van der Waals surface area (Å²) in [4.78, 5) is 19.3. The van der Waals surface area contributed by atoms with Crippen molar-refractivity contribution in [3.63, 3.8) is 0 Å². The second-order valence-electron chi connectivity index (χ2n) is 8.04. The Balaban J connectivity index is 1.63. The van der Waals surface area contributed by atoms with Gasteiger partial charge in [0.05, 0.1) is 39.2 Å². The van der Waals surface area contributed by atoms with Gasteiger partial charge in [0.25, 0.3) is 0 Å². The number of carbonyl (C=O) groups is 1. The minimum atomic E-state index is -0.476. The van der Waals surface area contributed by atoms with Crippen LogP contribution in [-0.4, -0.2) is 63.2 Å². The first-order valence-electron chi connectivity index (χ1n) is 10.1. The van der Waals surface area contributed by atoms with Gasteiger partial charge >= 0.3 is 6.09 Å². The van der Waals surface area contributed by atoms with E-state index in [1.165, 1.54) is 0 Å². The summed E-state index contributed by atoms with van der Waals surface area (Å²) in [5.74, 6) is 1.28. The molecule has 0 radical (unpaired) electrons. The van der Waals surface area contributed by atoms with Crippen LogP contribution in [0.1, 0.15) is 39.2 Å². The number of nitrogens with zero attached hydrogens (tertiary/aromatic N) is 1. The summed E-state index contributed by atoms with van der Waals surface area (Å²) >= 11 is 0. The third-order valence-electron chi connectivity index (χ3n) is 4.56. The van der Waals surface area contributed by atoms with Crippen LogP contribution in [0.15, 0.2) is 24.8 Å². The monoisotopic (exact) mass is 422 g/mol. The lowest BCUT2D eigenvalue weighted by molar-refractivity contribution is -0.0388. The zero-order valence-electron chi connectivity index (χ0n) is 18.7. The zero-order chi connectivity index (χ0) is 22.1. The number of ether oxygens (including phenoxy) is 4. The van der Waals surface area contributed by atoms with Crippen LogP contribution in [0.3, 0.4) is 0 Å². The molecular weight excluding hydrogens is 388 g/mol. The molecule has 0 aliphatic carbocycles. The molecule has 0 saturated carbocycles. The fourth-order valence-corrected chi connectivity index (χ4v) is 3.01. The average Bonchev–Trinajstić information content (AvgIpc) is 2.72. The van der Waals surface area contributed by atoms with Gasteiger partial charge in [-0.2, -0.15) is 0 Å². The molecular formula is C22H34N2O6. The molecule has 1 aromatic rings. The van der Waals surface area contributed by atoms with Gasteiger partial charge in [-0.3, -0.25) is 10.3 Å². The largest absolute Gasteiger partial charge is 0.493 e. The number of hydroxylamine groups is 1. The van der Waals surface area contributed by atoms with Crippen LogP contribution < -0.4 is 15.0 Å². The number of methoxy groups -OCH3 is 2. The number of benzene rings is 1. The van der Waals surface area contributed by atoms with Gasteiger partial charge in [0.1, 0.15) is 5.60 Å². The van der Waals surface area contributed by atoms with Gasteiger partial charge in [0.2, 0.25) is 0 Å². The second-order valence-corrected chi connectivity index (χ2v) is 8.04. The molecule has 0 aromatic heterocycles. The third kappa shape index (κ3) is 7.42. The molecule has 168 valence electrons. The minimum absolute atomic E-state index is 0.112. The van der Waals surface area contributed by atoms with Crippen molar-refractivity contribution in [3.8, 4) is 11.5 Å². The smallest absolute Gasteiger partial charge is 0.410 e. The van der Waals surface area contributed by atoms with Crippen LogP contribution in [-0.2, 0) is 14.3 Å². The first-order valence-corrected chi connectivity index (χ1v) is 10.1. The Hall–Kier alpha value is -2.45. The van der Waals surface area contributed by atoms with Gasteiger partial charge < -0.3 is 23.8 Å². The highest BCUT2D eigenvalue weighted by molar-refractivity contribution is 5.68. The number of hydrogen-bond donors (Lipinski definition) is 1. The highest BCUT2D eigenvalue weighted by Crippen LogP contribution is 2.29. The summed E-state index contributed by atoms with van der Waals surface area (Å²) in [7, 11) is 3.18. The van der Waals surface area contributed by atoms with E-state index in [4.69, 9.17) is 23.8 Å². The van der Waals surface area contributed by atoms with Crippen molar-refractivity contribution in [1.82, 2.24) is 10.4 Å². The molecule has 1 aliphatic heterocycles. The highest BCUT2D eigenvalue weighted by atomic mass is 16.7. The Morgan fingerprint density at radius 3 is 2.40 bits per heavy atom. The third-order valence-corrected chi connectivity index (χ3v) is 4.56. The maximum atomic E-state index is 12.1. The fourth-order valence-electron chi connectivity index (χ4n) is 3.01. The van der Waals surface area contributed by atoms with Gasteiger partial charge in [-0.15, -0.1) is 0 Å². The second kappa shape index (κ2) is 11.1. The van der Waals surface area contributed by atoms with Crippen molar-refractivity contribution in [2.24, 2.45) is 0 Å². The topological polar surface area (TPSA) is 78.5 Å². The molecule has 0 atom stereocenters. The molecule has 2 rings (SSSR count). The first kappa shape index (κ1) is 23.8. The molecule has 0 spiro atoms. The lowest BCUT2D eigenvalue weighted by Crippen LogP contribution is -2.43. The molecule has 30 heavy (non-hydrogen) atoms. The van der Waals surface area contributed by atoms with Crippen molar-refractivity contribution < 1.29 is 28.6 Å². The Morgan fingerprint density at radius 1 is 1.13 bits per heavy atom. The molecule has 1 aromatic carbocycles. The van der Waals surface area contributed by atoms with Crippen LogP contribution in [0.5, 0.6) is 11.5 Å². The van der Waals surface area contributed by atoms with Crippen LogP contribution in [0.25, 0.3) is 5.70 Å². The molecule has 8 heteroatoms. The molecule has 1 saturated heterocycles. The van der Waals surface area contributed by atoms with Gasteiger partial charge in [0.15, 0.2) is 11.5 Å². The number of likely N-dealkylation sites (tertiary alicyclic amines) is 1. The Labute approximate surface area is 179 Å². The van der Waals surface area contributed by atoms with Gasteiger partial charge in [-0.25, -0.2) is 4.79 Å². The number of nitrogens with one attached hydrogen (secondary N) is 1. The van der Waals surface area contributed by atoms with E-state index in [0.29, 0.717) is 43.5 Å². The van der Waals surface area contributed by atoms with E-state index in [0.717, 1.165) is 18.4 Å². The van der Waals surface area contributed by atoms with E-state index in [-0.39, 0.29) is 12.2 Å². The summed E-state index contributed by atoms with van der Waals surface area (Å²) in [6.45, 7) is 11.7. The van der Waals surface area contributed by atoms with E-state index in [1.807, 2.05) is 39.0 Å². The Kier molecular flexibility index (Phi) is 8.80. The van der Waals surface area contributed by atoms with Crippen molar-refractivity contribution in [2.75, 3.05) is 40.5 Å². The number of rotatable bonds is 9. The lowest BCUT2D eigenvalue weighted by Gasteiger charge is -2.33. The van der Waals surface area contributed by atoms with E-state index in [2.05, 4.69) is 12.1 Å². The van der Waals surface area contributed by atoms with Crippen LogP contribution in [0.2, 0.25) is 0 Å². The first-order chi connectivity index (χ1) is 14.2. The summed E-state index contributed by atoms with van der Waals surface area (Å²) in [5, 5.41) is 0. The standard InChI is InChI=1S/C22H34N2O6/c1-16(17-7-8-19(26-5)20(15-17)27-6)23-29-14-13-28-18-9-11-24(12-10-18)21(25)30-22(2,3)4/h7-8,15,18,23H,1,9-14H2,2-6H3. The average molecular weight is 423 g/mol. The number of amides is 1. The molecule has 1 aliphatic rings. The van der Waals surface area contributed by atoms with E-state index < -0.39 is 5.60 Å². The molecule has 1 N–H and O–H groups in total. The highest BCUT2D eigenvalue weighted by Gasteiger charge is 2.27. The van der Waals surface area contributed by atoms with Crippen molar-refractivity contribution in [3.05, 3.63) is 30.3 Å². The Bertz CT molecular complexity index is 708. The number of piperidine rings is 1. The molecule has 8 nitrogen and oxygen atoms in total. The summed E-state index contributed by atoms with van der Waals surface area (Å²) in [5.41, 5.74) is 3.80. The zero-order valence-corrected chi connectivity index (χ0v) is 18.7. The lowest BCUT2D eigenvalue weighted by atomic mass is 10.1. The molecule has 0 unspecified atom stereocenters. The van der Waals surface area contributed by atoms with Crippen LogP contribution in [0, 0.1) is 0 Å². The molecule has 1 amide bonds. The predicted molar refractivity (Wildman–Crippen MR) is 114 cm³/mol. The van der Waals surface area contributed by atoms with E-state index in [9.17, 15) is 4.79 Å². The van der Waals surface area contributed by atoms with Gasteiger partial charge in [-0.05, 0) is 51.8 Å². The summed E-state index contributed by atoms with van der Waals surface area (Å²) in [6, 6.07) is 5.51. The number of hydrogen-bond acceptors (Lipinski definition) is 7.